The maximum absolute atomic E-state index is 12.0. The van der Waals surface area contributed by atoms with Crippen molar-refractivity contribution in [1.29, 1.82) is 0 Å². The van der Waals surface area contributed by atoms with E-state index in [9.17, 15) is 4.79 Å². The van der Waals surface area contributed by atoms with Crippen molar-refractivity contribution in [2.45, 2.75) is 40.0 Å². The van der Waals surface area contributed by atoms with Gasteiger partial charge in [-0.15, -0.1) is 0 Å². The van der Waals surface area contributed by atoms with Crippen molar-refractivity contribution >= 4 is 11.6 Å². The Morgan fingerprint density at radius 1 is 1.13 bits per heavy atom. The number of amides is 1. The van der Waals surface area contributed by atoms with Crippen LogP contribution in [0.5, 0.6) is 5.75 Å². The number of aryl methyl sites for hydroxylation is 2. The predicted octanol–water partition coefficient (Wildman–Crippen LogP) is 4.83. The number of hydrogen-bond donors (Lipinski definition) is 1. The van der Waals surface area contributed by atoms with E-state index in [0.29, 0.717) is 5.92 Å². The fourth-order valence-corrected chi connectivity index (χ4v) is 2.43. The molecule has 0 saturated carbocycles. The van der Waals surface area contributed by atoms with Gasteiger partial charge in [0.05, 0.1) is 0 Å². The minimum absolute atomic E-state index is 0.0109. The van der Waals surface area contributed by atoms with Crippen LogP contribution in [-0.2, 0) is 4.79 Å². The second-order valence-electron chi connectivity index (χ2n) is 6.04. The molecule has 1 atom stereocenters. The lowest BCUT2D eigenvalue weighted by atomic mass is 9.99. The van der Waals surface area contributed by atoms with Crippen molar-refractivity contribution in [3.8, 4) is 5.75 Å². The number of carbonyl (C=O) groups excluding carboxylic acids is 1. The first-order valence-corrected chi connectivity index (χ1v) is 8.09. The maximum atomic E-state index is 12.0. The first-order chi connectivity index (χ1) is 11.0. The van der Waals surface area contributed by atoms with Gasteiger partial charge in [-0.2, -0.15) is 0 Å². The highest BCUT2D eigenvalue weighted by molar-refractivity contribution is 5.91. The Bertz CT molecular complexity index is 662. The van der Waals surface area contributed by atoms with Crippen molar-refractivity contribution < 1.29 is 9.53 Å². The molecule has 2 aromatic carbocycles. The molecule has 2 aromatic rings. The summed E-state index contributed by atoms with van der Waals surface area (Å²) in [5.74, 6) is 1.13. The Labute approximate surface area is 138 Å². The molecule has 0 radical (unpaired) electrons. The van der Waals surface area contributed by atoms with E-state index in [-0.39, 0.29) is 12.5 Å². The minimum atomic E-state index is -0.152. The molecule has 0 bridgehead atoms. The van der Waals surface area contributed by atoms with Gasteiger partial charge in [0.1, 0.15) is 5.75 Å². The van der Waals surface area contributed by atoms with E-state index < -0.39 is 0 Å². The van der Waals surface area contributed by atoms with Crippen molar-refractivity contribution in [3.63, 3.8) is 0 Å². The Morgan fingerprint density at radius 2 is 1.83 bits per heavy atom. The van der Waals surface area contributed by atoms with Gasteiger partial charge in [-0.05, 0) is 55.5 Å². The zero-order chi connectivity index (χ0) is 16.8. The van der Waals surface area contributed by atoms with E-state index in [1.54, 1.807) is 0 Å². The number of nitrogens with one attached hydrogen (secondary N) is 1. The second-order valence-corrected chi connectivity index (χ2v) is 6.04. The normalized spacial score (nSPS) is 11.8. The van der Waals surface area contributed by atoms with Crippen molar-refractivity contribution in [2.24, 2.45) is 0 Å². The van der Waals surface area contributed by atoms with E-state index in [4.69, 9.17) is 4.74 Å². The molecule has 0 aliphatic heterocycles. The molecule has 23 heavy (non-hydrogen) atoms. The van der Waals surface area contributed by atoms with Crippen LogP contribution in [0.15, 0.2) is 42.5 Å². The summed E-state index contributed by atoms with van der Waals surface area (Å²) in [6.07, 6.45) is 1.11. The SMILES string of the molecule is CCC(C)c1ccc(NC(=O)COc2ccc(C)cc2C)cc1. The third-order valence-electron chi connectivity index (χ3n) is 4.07. The Morgan fingerprint density at radius 3 is 2.43 bits per heavy atom. The number of hydrogen-bond acceptors (Lipinski definition) is 2. The van der Waals surface area contributed by atoms with Gasteiger partial charge in [0.2, 0.25) is 0 Å². The molecule has 0 heterocycles. The third kappa shape index (κ3) is 4.85. The molecule has 0 fully saturated rings. The highest BCUT2D eigenvalue weighted by atomic mass is 16.5. The van der Waals surface area contributed by atoms with Crippen molar-refractivity contribution in [1.82, 2.24) is 0 Å². The Hall–Kier alpha value is -2.29. The van der Waals surface area contributed by atoms with E-state index in [1.165, 1.54) is 11.1 Å². The van der Waals surface area contributed by atoms with Crippen LogP contribution >= 0.6 is 0 Å². The molecule has 0 aliphatic carbocycles. The van der Waals surface area contributed by atoms with Gasteiger partial charge in [-0.1, -0.05) is 43.7 Å². The van der Waals surface area contributed by atoms with Gasteiger partial charge < -0.3 is 10.1 Å². The van der Waals surface area contributed by atoms with Gasteiger partial charge in [-0.3, -0.25) is 4.79 Å². The van der Waals surface area contributed by atoms with E-state index in [1.807, 2.05) is 44.2 Å². The number of anilines is 1. The summed E-state index contributed by atoms with van der Waals surface area (Å²) >= 11 is 0. The summed E-state index contributed by atoms with van der Waals surface area (Å²) in [5, 5.41) is 2.86. The molecule has 1 N–H and O–H groups in total. The van der Waals surface area contributed by atoms with Crippen LogP contribution in [0.1, 0.15) is 42.9 Å². The average molecular weight is 311 g/mol. The Kier molecular flexibility index (Phi) is 5.80. The molecule has 0 aromatic heterocycles. The topological polar surface area (TPSA) is 38.3 Å². The maximum Gasteiger partial charge on any atom is 0.262 e. The van der Waals surface area contributed by atoms with Crippen LogP contribution in [-0.4, -0.2) is 12.5 Å². The minimum Gasteiger partial charge on any atom is -0.483 e. The smallest absolute Gasteiger partial charge is 0.262 e. The molecule has 3 heteroatoms. The van der Waals surface area contributed by atoms with Gasteiger partial charge in [-0.25, -0.2) is 0 Å². The van der Waals surface area contributed by atoms with Crippen LogP contribution < -0.4 is 10.1 Å². The molecule has 3 nitrogen and oxygen atoms in total. The summed E-state index contributed by atoms with van der Waals surface area (Å²) in [6.45, 7) is 8.40. The first-order valence-electron chi connectivity index (χ1n) is 8.09. The van der Waals surface area contributed by atoms with E-state index in [0.717, 1.165) is 23.4 Å². The van der Waals surface area contributed by atoms with Crippen LogP contribution in [0.3, 0.4) is 0 Å². The first kappa shape index (κ1) is 17.1. The lowest BCUT2D eigenvalue weighted by molar-refractivity contribution is -0.118. The van der Waals surface area contributed by atoms with Gasteiger partial charge in [0.25, 0.3) is 5.91 Å². The highest BCUT2D eigenvalue weighted by Gasteiger charge is 2.07. The van der Waals surface area contributed by atoms with Gasteiger partial charge >= 0.3 is 0 Å². The molecule has 0 aliphatic rings. The Balaban J connectivity index is 1.89. The van der Waals surface area contributed by atoms with Crippen molar-refractivity contribution in [2.75, 3.05) is 11.9 Å². The summed E-state index contributed by atoms with van der Waals surface area (Å²) in [4.78, 5) is 12.0. The molecule has 0 saturated heterocycles. The third-order valence-corrected chi connectivity index (χ3v) is 4.07. The molecule has 2 rings (SSSR count). The molecule has 0 spiro atoms. The molecular formula is C20H25NO2. The van der Waals surface area contributed by atoms with E-state index >= 15 is 0 Å². The van der Waals surface area contributed by atoms with Gasteiger partial charge in [0.15, 0.2) is 6.61 Å². The van der Waals surface area contributed by atoms with Crippen LogP contribution in [0.2, 0.25) is 0 Å². The lowest BCUT2D eigenvalue weighted by Crippen LogP contribution is -2.20. The average Bonchev–Trinajstić information content (AvgIpc) is 2.54. The molecule has 1 amide bonds. The predicted molar refractivity (Wildman–Crippen MR) is 95.2 cm³/mol. The quantitative estimate of drug-likeness (QED) is 0.829. The number of benzene rings is 2. The summed E-state index contributed by atoms with van der Waals surface area (Å²) < 4.78 is 5.59. The number of ether oxygens (including phenoxy) is 1. The largest absolute Gasteiger partial charge is 0.483 e. The fraction of sp³-hybridized carbons (Fsp3) is 0.350. The number of rotatable bonds is 6. The van der Waals surface area contributed by atoms with Gasteiger partial charge in [0, 0.05) is 5.69 Å². The van der Waals surface area contributed by atoms with E-state index in [2.05, 4.69) is 31.3 Å². The van der Waals surface area contributed by atoms with Crippen LogP contribution in [0, 0.1) is 13.8 Å². The number of carbonyl (C=O) groups is 1. The second kappa shape index (κ2) is 7.82. The summed E-state index contributed by atoms with van der Waals surface area (Å²) in [6, 6.07) is 13.9. The zero-order valence-corrected chi connectivity index (χ0v) is 14.3. The lowest BCUT2D eigenvalue weighted by Gasteiger charge is -2.12. The zero-order valence-electron chi connectivity index (χ0n) is 14.3. The van der Waals surface area contributed by atoms with Crippen LogP contribution in [0.25, 0.3) is 0 Å². The fourth-order valence-electron chi connectivity index (χ4n) is 2.43. The summed E-state index contributed by atoms with van der Waals surface area (Å²) in [7, 11) is 0. The molecule has 122 valence electrons. The van der Waals surface area contributed by atoms with Crippen molar-refractivity contribution in [3.05, 3.63) is 59.2 Å². The monoisotopic (exact) mass is 311 g/mol. The molecule has 1 unspecified atom stereocenters. The van der Waals surface area contributed by atoms with Crippen LogP contribution in [0.4, 0.5) is 5.69 Å². The standard InChI is InChI=1S/C20H25NO2/c1-5-15(3)17-7-9-18(10-8-17)21-20(22)13-23-19-11-6-14(2)12-16(19)4/h6-12,15H,5,13H2,1-4H3,(H,21,22). The summed E-state index contributed by atoms with van der Waals surface area (Å²) in [5.41, 5.74) is 4.31. The highest BCUT2D eigenvalue weighted by Crippen LogP contribution is 2.21. The molecular weight excluding hydrogens is 286 g/mol.